The second-order valence-electron chi connectivity index (χ2n) is 17.2. The van der Waals surface area contributed by atoms with Crippen molar-refractivity contribution < 1.29 is 139 Å². The van der Waals surface area contributed by atoms with Crippen LogP contribution in [0.3, 0.4) is 0 Å². The molecule has 0 fully saturated rings. The number of hydrogen-bond donors (Lipinski definition) is 18. The van der Waals surface area contributed by atoms with E-state index in [-0.39, 0.29) is 6.07 Å². The minimum absolute atomic E-state index is 0.239. The summed E-state index contributed by atoms with van der Waals surface area (Å²) in [5, 5.41) is 195. The highest BCUT2D eigenvalue weighted by atomic mass is 16.6. The van der Waals surface area contributed by atoms with Gasteiger partial charge in [-0.2, -0.15) is 0 Å². The van der Waals surface area contributed by atoms with Crippen LogP contribution in [-0.4, -0.2) is 153 Å². The predicted molar refractivity (Wildman–Crippen MR) is 248 cm³/mol. The number of aliphatic hydroxyl groups excluding tert-OH is 2. The van der Waals surface area contributed by atoms with Crippen molar-refractivity contribution >= 4 is 56.6 Å². The summed E-state index contributed by atoms with van der Waals surface area (Å²) in [6.45, 7) is -3.26. The standard InChI is InChI=1S/C48H30O30/c49-5-16-40(76-46(70)9-3-13(52)28(56)32(60)18(9)17-8(44(68)74-16)2-12(51)27(55)31(17)59)39-15(54)6-73-43(67)7-1-11(50)29(57)33(61)19(7)21-25-23-24-26(48(72)78-41(23)37(65)35(21)63)22(36(64)38(66)42(24)77-47(25)71)20-10(45(69)75-39)4-14(53)30(58)34(20)62/h1-4,15-16,39-40,49-66H,5-6H2/t15?,16?,39-,40-/m1/s1. The summed E-state index contributed by atoms with van der Waals surface area (Å²) in [4.78, 5) is 86.2. The maximum atomic E-state index is 14.9. The summed E-state index contributed by atoms with van der Waals surface area (Å²) in [6.07, 6.45) is -11.1. The Morgan fingerprint density at radius 1 is 0.372 bits per heavy atom. The monoisotopic (exact) mass is 1090 g/mol. The molecule has 0 saturated carbocycles. The lowest BCUT2D eigenvalue weighted by molar-refractivity contribution is -0.135. The van der Waals surface area contributed by atoms with Gasteiger partial charge in [0.1, 0.15) is 12.7 Å². The lowest BCUT2D eigenvalue weighted by Gasteiger charge is -2.35. The van der Waals surface area contributed by atoms with Crippen LogP contribution in [0.4, 0.5) is 0 Å². The number of ether oxygens (including phenoxy) is 4. The zero-order chi connectivity index (χ0) is 56.7. The molecule has 30 heteroatoms. The number of phenols is 16. The van der Waals surface area contributed by atoms with Crippen molar-refractivity contribution in [2.45, 2.75) is 24.4 Å². The Hall–Kier alpha value is -11.1. The molecular formula is C48H30O30. The number of hydrogen-bond acceptors (Lipinski definition) is 30. The number of phenolic OH excluding ortho intramolecular Hbond substituents is 16. The number of carbonyl (C=O) groups excluding carboxylic acids is 4. The van der Waals surface area contributed by atoms with Crippen molar-refractivity contribution in [3.8, 4) is 125 Å². The van der Waals surface area contributed by atoms with Crippen molar-refractivity contribution in [1.82, 2.24) is 0 Å². The van der Waals surface area contributed by atoms with Crippen molar-refractivity contribution in [2.75, 3.05) is 13.2 Å². The van der Waals surface area contributed by atoms with Gasteiger partial charge in [-0.3, -0.25) is 0 Å². The molecule has 0 aliphatic carbocycles. The average molecular weight is 1090 g/mol. The van der Waals surface area contributed by atoms with Gasteiger partial charge < -0.3 is 120 Å². The summed E-state index contributed by atoms with van der Waals surface area (Å²) < 4.78 is 32.3. The van der Waals surface area contributed by atoms with Crippen LogP contribution in [0.1, 0.15) is 41.4 Å². The van der Waals surface area contributed by atoms with E-state index in [0.29, 0.717) is 18.2 Å². The van der Waals surface area contributed by atoms with Gasteiger partial charge in [-0.1, -0.05) is 0 Å². The minimum Gasteiger partial charge on any atom is -0.504 e. The molecule has 2 unspecified atom stereocenters. The van der Waals surface area contributed by atoms with E-state index in [1.807, 2.05) is 0 Å². The molecule has 4 heterocycles. The summed E-state index contributed by atoms with van der Waals surface area (Å²) in [5.41, 5.74) is -18.3. The molecule has 2 aliphatic rings. The number of aromatic hydroxyl groups is 16. The Kier molecular flexibility index (Phi) is 11.1. The van der Waals surface area contributed by atoms with Crippen LogP contribution in [0.15, 0.2) is 42.7 Å². The van der Waals surface area contributed by atoms with Crippen LogP contribution in [0, 0.1) is 0 Å². The first-order valence-corrected chi connectivity index (χ1v) is 21.6. The van der Waals surface area contributed by atoms with Gasteiger partial charge in [0.05, 0.1) is 39.6 Å². The predicted octanol–water partition coefficient (Wildman–Crippen LogP) is 1.59. The summed E-state index contributed by atoms with van der Waals surface area (Å²) in [6, 6.07) is 1.26. The second kappa shape index (κ2) is 17.2. The smallest absolute Gasteiger partial charge is 0.345 e. The Morgan fingerprint density at radius 3 is 1.04 bits per heavy atom. The lowest BCUT2D eigenvalue weighted by Crippen LogP contribution is -2.53. The molecule has 8 aromatic rings. The summed E-state index contributed by atoms with van der Waals surface area (Å²) >= 11 is 0. The molecule has 6 aromatic carbocycles. The Labute approximate surface area is 425 Å². The van der Waals surface area contributed by atoms with Crippen LogP contribution in [-0.2, 0) is 18.9 Å². The van der Waals surface area contributed by atoms with Crippen molar-refractivity contribution in [3.63, 3.8) is 0 Å². The summed E-state index contributed by atoms with van der Waals surface area (Å²) in [7, 11) is 0. The molecule has 2 aliphatic heterocycles. The average Bonchev–Trinajstić information content (AvgIpc) is 3.45. The SMILES string of the molecule is O=C1OC(CO)[C@H]([C@@H]2OC(=O)c3cc(O)c(O)c(O)c3-c3c(O)c(O)c4oc(=O)c5c(c(O)c(O)c6oc(=O)c3c4c65)-c3c(cc(O)c(O)c3O)C(=O)OCC2O)OC(=O)c2cc(O)c(O)c(O)c2-c2c1cc(O)c(O)c2O. The molecular weight excluding hydrogens is 1060 g/mol. The second-order valence-corrected chi connectivity index (χ2v) is 17.2. The van der Waals surface area contributed by atoms with E-state index in [2.05, 4.69) is 0 Å². The van der Waals surface area contributed by atoms with E-state index in [9.17, 15) is 121 Å². The molecule has 2 aromatic heterocycles. The van der Waals surface area contributed by atoms with Crippen LogP contribution in [0.5, 0.6) is 92.0 Å². The van der Waals surface area contributed by atoms with Crippen LogP contribution in [0.25, 0.3) is 66.1 Å². The lowest BCUT2D eigenvalue weighted by atomic mass is 9.88. The van der Waals surface area contributed by atoms with E-state index in [1.165, 1.54) is 0 Å². The quantitative estimate of drug-likeness (QED) is 0.0384. The maximum absolute atomic E-state index is 14.9. The molecule has 0 spiro atoms. The molecule has 10 rings (SSSR count). The first-order valence-electron chi connectivity index (χ1n) is 21.6. The first kappa shape index (κ1) is 50.4. The number of aliphatic hydroxyl groups is 2. The van der Waals surface area contributed by atoms with Gasteiger partial charge >= 0.3 is 35.1 Å². The summed E-state index contributed by atoms with van der Waals surface area (Å²) in [5.74, 6) is -31.8. The Bertz CT molecular complexity index is 4190. The van der Waals surface area contributed by atoms with Crippen molar-refractivity contribution in [1.29, 1.82) is 0 Å². The third-order valence-electron chi connectivity index (χ3n) is 12.9. The van der Waals surface area contributed by atoms with Gasteiger partial charge in [0, 0.05) is 44.2 Å². The molecule has 18 N–H and O–H groups in total. The number of benzene rings is 6. The zero-order valence-corrected chi connectivity index (χ0v) is 38.0. The highest BCUT2D eigenvalue weighted by Gasteiger charge is 2.47. The number of esters is 4. The molecule has 0 saturated heterocycles. The van der Waals surface area contributed by atoms with E-state index in [0.717, 1.165) is 0 Å². The van der Waals surface area contributed by atoms with Crippen molar-refractivity contribution in [2.24, 2.45) is 0 Å². The molecule has 4 atom stereocenters. The fraction of sp³-hybridized carbons (Fsp3) is 0.125. The number of rotatable bonds is 2. The molecule has 6 bridgehead atoms. The van der Waals surface area contributed by atoms with E-state index >= 15 is 0 Å². The van der Waals surface area contributed by atoms with E-state index in [1.54, 1.807) is 0 Å². The van der Waals surface area contributed by atoms with Crippen molar-refractivity contribution in [3.05, 3.63) is 67.4 Å². The van der Waals surface area contributed by atoms with E-state index in [4.69, 9.17) is 27.8 Å². The van der Waals surface area contributed by atoms with Gasteiger partial charge in [0.25, 0.3) is 0 Å². The topological polar surface area (TPSA) is 530 Å². The van der Waals surface area contributed by atoms with Gasteiger partial charge in [0.15, 0.2) is 87.0 Å². The first-order chi connectivity index (χ1) is 36.7. The zero-order valence-electron chi connectivity index (χ0n) is 38.0. The van der Waals surface area contributed by atoms with Crippen LogP contribution >= 0.6 is 0 Å². The van der Waals surface area contributed by atoms with Gasteiger partial charge in [-0.25, -0.2) is 28.8 Å². The molecule has 30 nitrogen and oxygen atoms in total. The molecule has 78 heavy (non-hydrogen) atoms. The third-order valence-corrected chi connectivity index (χ3v) is 12.9. The van der Waals surface area contributed by atoms with Gasteiger partial charge in [0.2, 0.25) is 34.5 Å². The number of carbonyl (C=O) groups is 4. The van der Waals surface area contributed by atoms with Gasteiger partial charge in [-0.15, -0.1) is 0 Å². The molecule has 402 valence electrons. The fourth-order valence-corrected chi connectivity index (χ4v) is 9.33. The Morgan fingerprint density at radius 2 is 0.679 bits per heavy atom. The van der Waals surface area contributed by atoms with Gasteiger partial charge in [-0.05, 0) is 24.3 Å². The maximum Gasteiger partial charge on any atom is 0.345 e. The molecule has 0 radical (unpaired) electrons. The molecule has 0 amide bonds. The van der Waals surface area contributed by atoms with Crippen LogP contribution < -0.4 is 11.3 Å². The largest absolute Gasteiger partial charge is 0.504 e. The van der Waals surface area contributed by atoms with E-state index < -0.39 is 253 Å². The Balaban J connectivity index is 1.29. The number of fused-ring (bicyclic) bond motifs is 7. The highest BCUT2D eigenvalue weighted by Crippen LogP contribution is 2.59. The third kappa shape index (κ3) is 6.90. The normalized spacial score (nSPS) is 17.8. The minimum atomic E-state index is -2.91. The fourth-order valence-electron chi connectivity index (χ4n) is 9.33. The van der Waals surface area contributed by atoms with Crippen LogP contribution in [0.2, 0.25) is 0 Å². The number of cyclic esters (lactones) is 4. The highest BCUT2D eigenvalue weighted by molar-refractivity contribution is 6.29.